The number of hydrogen-bond acceptors (Lipinski definition) is 5. The third kappa shape index (κ3) is 3.97. The predicted octanol–water partition coefficient (Wildman–Crippen LogP) is 1.28. The molecule has 1 saturated heterocycles. The number of nitrogens with one attached hydrogen (secondary N) is 1. The zero-order valence-electron chi connectivity index (χ0n) is 12.6. The zero-order chi connectivity index (χ0) is 16.3. The molecule has 0 spiro atoms. The van der Waals surface area contributed by atoms with E-state index in [-0.39, 0.29) is 5.75 Å². The number of benzene rings is 1. The Labute approximate surface area is 130 Å². The largest absolute Gasteiger partial charge is 0.488 e. The molecule has 0 aliphatic carbocycles. The van der Waals surface area contributed by atoms with E-state index in [1.54, 1.807) is 13.0 Å². The second-order valence-corrected chi connectivity index (χ2v) is 6.26. The lowest BCUT2D eigenvalue weighted by molar-refractivity contribution is 0.232. The van der Waals surface area contributed by atoms with Gasteiger partial charge in [0, 0.05) is 43.9 Å². The summed E-state index contributed by atoms with van der Waals surface area (Å²) in [5, 5.41) is 3.26. The fourth-order valence-electron chi connectivity index (χ4n) is 2.62. The molecule has 0 saturated carbocycles. The van der Waals surface area contributed by atoms with Gasteiger partial charge >= 0.3 is 10.5 Å². The van der Waals surface area contributed by atoms with E-state index in [0.717, 1.165) is 37.3 Å². The Kier molecular flexibility index (Phi) is 5.06. The summed E-state index contributed by atoms with van der Waals surface area (Å²) in [5.41, 5.74) is 2.73. The van der Waals surface area contributed by atoms with E-state index in [9.17, 15) is 12.3 Å². The van der Waals surface area contributed by atoms with Crippen LogP contribution in [0.5, 0.6) is 5.75 Å². The third-order valence-corrected chi connectivity index (χ3v) is 4.22. The molecule has 0 radical (unpaired) electrons. The minimum atomic E-state index is -5.08. The number of hydrogen-bond donors (Lipinski definition) is 1. The fraction of sp³-hybridized carbons (Fsp3) is 0.467. The molecular weight excluding hydrogens is 307 g/mol. The van der Waals surface area contributed by atoms with Gasteiger partial charge in [-0.15, -0.1) is 6.42 Å². The van der Waals surface area contributed by atoms with E-state index < -0.39 is 10.5 Å². The molecule has 120 valence electrons. The Morgan fingerprint density at radius 1 is 1.36 bits per heavy atom. The van der Waals surface area contributed by atoms with Crippen LogP contribution in [-0.4, -0.2) is 39.5 Å². The van der Waals surface area contributed by atoms with Crippen molar-refractivity contribution >= 4 is 10.5 Å². The van der Waals surface area contributed by atoms with E-state index in [4.69, 9.17) is 6.42 Å². The highest BCUT2D eigenvalue weighted by molar-refractivity contribution is 7.81. The van der Waals surface area contributed by atoms with E-state index in [1.807, 2.05) is 6.92 Å². The Hall–Kier alpha value is -1.62. The highest BCUT2D eigenvalue weighted by atomic mass is 32.3. The summed E-state index contributed by atoms with van der Waals surface area (Å²) < 4.78 is 38.9. The maximum atomic E-state index is 12.9. The molecular formula is C15H19FN2O3S. The summed E-state index contributed by atoms with van der Waals surface area (Å²) in [6.07, 6.45) is 5.51. The number of terminal acetylenes is 1. The summed E-state index contributed by atoms with van der Waals surface area (Å²) in [4.78, 5) is 2.22. The first kappa shape index (κ1) is 16.7. The van der Waals surface area contributed by atoms with Crippen molar-refractivity contribution in [1.82, 2.24) is 10.2 Å². The second kappa shape index (κ2) is 6.65. The first-order valence-corrected chi connectivity index (χ1v) is 8.29. The van der Waals surface area contributed by atoms with Gasteiger partial charge in [0.2, 0.25) is 0 Å². The van der Waals surface area contributed by atoms with Gasteiger partial charge in [0.15, 0.2) is 0 Å². The molecule has 5 nitrogen and oxygen atoms in total. The molecule has 1 fully saturated rings. The smallest absolute Gasteiger partial charge is 0.358 e. The van der Waals surface area contributed by atoms with E-state index >= 15 is 0 Å². The molecule has 1 N–H and O–H groups in total. The molecule has 1 aromatic rings. The van der Waals surface area contributed by atoms with Crippen LogP contribution in [0.3, 0.4) is 0 Å². The number of piperazine rings is 1. The van der Waals surface area contributed by atoms with Crippen LogP contribution in [0, 0.1) is 26.2 Å². The Morgan fingerprint density at radius 2 is 2.00 bits per heavy atom. The number of nitrogens with zero attached hydrogens (tertiary/aromatic N) is 1. The van der Waals surface area contributed by atoms with Gasteiger partial charge in [0.1, 0.15) is 5.75 Å². The van der Waals surface area contributed by atoms with Crippen molar-refractivity contribution in [3.8, 4) is 18.1 Å². The maximum absolute atomic E-state index is 12.9. The van der Waals surface area contributed by atoms with Gasteiger partial charge < -0.3 is 9.50 Å². The lowest BCUT2D eigenvalue weighted by Crippen LogP contribution is -2.43. The number of rotatable bonds is 4. The van der Waals surface area contributed by atoms with Crippen LogP contribution in [0.4, 0.5) is 3.89 Å². The maximum Gasteiger partial charge on any atom is 0.488 e. The minimum absolute atomic E-state index is 0.0498. The van der Waals surface area contributed by atoms with E-state index in [0.29, 0.717) is 17.7 Å². The average molecular weight is 326 g/mol. The molecule has 0 amide bonds. The highest BCUT2D eigenvalue weighted by Crippen LogP contribution is 2.29. The summed E-state index contributed by atoms with van der Waals surface area (Å²) in [7, 11) is -5.08. The van der Waals surface area contributed by atoms with Crippen molar-refractivity contribution in [2.45, 2.75) is 20.4 Å². The van der Waals surface area contributed by atoms with Crippen LogP contribution >= 0.6 is 0 Å². The van der Waals surface area contributed by atoms with Crippen LogP contribution in [0.25, 0.3) is 0 Å². The average Bonchev–Trinajstić information content (AvgIpc) is 2.44. The normalized spacial score (nSPS) is 16.3. The molecule has 1 heterocycles. The molecule has 0 atom stereocenters. The van der Waals surface area contributed by atoms with Crippen molar-refractivity contribution in [1.29, 1.82) is 0 Å². The molecule has 22 heavy (non-hydrogen) atoms. The van der Waals surface area contributed by atoms with Gasteiger partial charge in [-0.05, 0) is 31.0 Å². The van der Waals surface area contributed by atoms with Crippen LogP contribution in [0.1, 0.15) is 22.3 Å². The fourth-order valence-corrected chi connectivity index (χ4v) is 3.01. The molecule has 1 aliphatic heterocycles. The van der Waals surface area contributed by atoms with Crippen molar-refractivity contribution in [2.24, 2.45) is 0 Å². The molecule has 0 bridgehead atoms. The van der Waals surface area contributed by atoms with E-state index in [1.165, 1.54) is 0 Å². The van der Waals surface area contributed by atoms with Crippen LogP contribution in [-0.2, 0) is 17.0 Å². The first-order valence-electron chi connectivity index (χ1n) is 6.98. The van der Waals surface area contributed by atoms with Gasteiger partial charge in [-0.2, -0.15) is 8.42 Å². The summed E-state index contributed by atoms with van der Waals surface area (Å²) >= 11 is 0. The summed E-state index contributed by atoms with van der Waals surface area (Å²) in [5.74, 6) is 2.49. The number of halogens is 1. The minimum Gasteiger partial charge on any atom is -0.358 e. The zero-order valence-corrected chi connectivity index (χ0v) is 13.5. The van der Waals surface area contributed by atoms with Gasteiger partial charge in [-0.3, -0.25) is 4.90 Å². The van der Waals surface area contributed by atoms with Crippen molar-refractivity contribution in [3.05, 3.63) is 28.3 Å². The Balaban J connectivity index is 2.40. The molecule has 1 aromatic carbocycles. The van der Waals surface area contributed by atoms with Crippen LogP contribution < -0.4 is 9.50 Å². The van der Waals surface area contributed by atoms with Gasteiger partial charge in [0.25, 0.3) is 0 Å². The second-order valence-electron chi connectivity index (χ2n) is 5.31. The lowest BCUT2D eigenvalue weighted by atomic mass is 9.96. The van der Waals surface area contributed by atoms with Crippen LogP contribution in [0.15, 0.2) is 6.07 Å². The standard InChI is InChI=1S/C15H19FN2O3S/c1-4-14-11(2)13(10-18-7-5-17-6-8-18)9-15(12(14)3)21-22(16,19)20/h1,9,17H,5-8,10H2,2-3H3. The van der Waals surface area contributed by atoms with Crippen molar-refractivity contribution in [3.63, 3.8) is 0 Å². The molecule has 2 rings (SSSR count). The highest BCUT2D eigenvalue weighted by Gasteiger charge is 2.19. The molecule has 1 aliphatic rings. The topological polar surface area (TPSA) is 58.6 Å². The van der Waals surface area contributed by atoms with Gasteiger partial charge in [-0.1, -0.05) is 9.81 Å². The molecule has 7 heteroatoms. The SMILES string of the molecule is C#Cc1c(C)c(CN2CCNCC2)cc(OS(=O)(=O)F)c1C. The summed E-state index contributed by atoms with van der Waals surface area (Å²) in [6.45, 7) is 7.69. The third-order valence-electron chi connectivity index (χ3n) is 3.84. The summed E-state index contributed by atoms with van der Waals surface area (Å²) in [6, 6.07) is 1.56. The first-order chi connectivity index (χ1) is 10.3. The van der Waals surface area contributed by atoms with Crippen molar-refractivity contribution in [2.75, 3.05) is 26.2 Å². The lowest BCUT2D eigenvalue weighted by Gasteiger charge is -2.28. The van der Waals surface area contributed by atoms with Crippen LogP contribution in [0.2, 0.25) is 0 Å². The van der Waals surface area contributed by atoms with Crippen molar-refractivity contribution < 1.29 is 16.5 Å². The molecule has 0 unspecified atom stereocenters. The Bertz CT molecular complexity index is 704. The van der Waals surface area contributed by atoms with Gasteiger partial charge in [0.05, 0.1) is 0 Å². The monoisotopic (exact) mass is 326 g/mol. The predicted molar refractivity (Wildman–Crippen MR) is 82.7 cm³/mol. The quantitative estimate of drug-likeness (QED) is 0.667. The van der Waals surface area contributed by atoms with E-state index in [2.05, 4.69) is 20.3 Å². The Morgan fingerprint density at radius 3 is 2.55 bits per heavy atom. The molecule has 0 aromatic heterocycles. The van der Waals surface area contributed by atoms with Gasteiger partial charge in [-0.25, -0.2) is 0 Å².